The Morgan fingerprint density at radius 1 is 0.957 bits per heavy atom. The van der Waals surface area contributed by atoms with E-state index < -0.39 is 5.41 Å². The van der Waals surface area contributed by atoms with Crippen molar-refractivity contribution in [2.45, 2.75) is 17.8 Å². The molecule has 0 saturated heterocycles. The van der Waals surface area contributed by atoms with Gasteiger partial charge in [0.15, 0.2) is 0 Å². The minimum absolute atomic E-state index is 0.136. The van der Waals surface area contributed by atoms with Crippen molar-refractivity contribution in [3.8, 4) is 0 Å². The number of hydrogen-bond donors (Lipinski definition) is 0. The van der Waals surface area contributed by atoms with Crippen LogP contribution in [0.3, 0.4) is 0 Å². The molecule has 0 radical (unpaired) electrons. The van der Waals surface area contributed by atoms with E-state index in [9.17, 15) is 4.79 Å². The highest BCUT2D eigenvalue weighted by atomic mass is 16.5. The number of hydrogen-bond acceptors (Lipinski definition) is 2. The first kappa shape index (κ1) is 14.0. The van der Waals surface area contributed by atoms with Crippen molar-refractivity contribution < 1.29 is 9.53 Å². The summed E-state index contributed by atoms with van der Waals surface area (Å²) in [6.45, 7) is 0. The molecule has 2 heteroatoms. The number of carbonyl (C=O) groups is 1. The summed E-state index contributed by atoms with van der Waals surface area (Å²) in [4.78, 5) is 12.7. The van der Waals surface area contributed by atoms with Gasteiger partial charge in [-0.15, -0.1) is 0 Å². The lowest BCUT2D eigenvalue weighted by molar-refractivity contribution is -0.143. The van der Waals surface area contributed by atoms with E-state index in [-0.39, 0.29) is 11.9 Å². The lowest BCUT2D eigenvalue weighted by Gasteiger charge is -2.18. The third-order valence-electron chi connectivity index (χ3n) is 4.98. The second-order valence-corrected chi connectivity index (χ2v) is 6.16. The molecule has 3 aromatic rings. The van der Waals surface area contributed by atoms with E-state index in [2.05, 4.69) is 36.4 Å². The summed E-state index contributed by atoms with van der Waals surface area (Å²) in [6.07, 6.45) is 0.803. The van der Waals surface area contributed by atoms with E-state index in [1.807, 2.05) is 36.4 Å². The summed E-state index contributed by atoms with van der Waals surface area (Å²) in [5.74, 6) is 0.0460. The van der Waals surface area contributed by atoms with E-state index in [1.54, 1.807) is 0 Å². The summed E-state index contributed by atoms with van der Waals surface area (Å²) < 4.78 is 5.19. The van der Waals surface area contributed by atoms with Crippen LogP contribution in [0.5, 0.6) is 0 Å². The van der Waals surface area contributed by atoms with Crippen LogP contribution in [0.2, 0.25) is 0 Å². The molecule has 3 aromatic carbocycles. The summed E-state index contributed by atoms with van der Waals surface area (Å²) in [5.41, 5.74) is 1.72. The quantitative estimate of drug-likeness (QED) is 0.669. The molecule has 0 unspecified atom stereocenters. The molecule has 0 amide bonds. The Balaban J connectivity index is 1.90. The van der Waals surface area contributed by atoms with Crippen LogP contribution in [0.1, 0.15) is 23.5 Å². The van der Waals surface area contributed by atoms with Crippen LogP contribution < -0.4 is 0 Å². The number of ether oxygens (including phenoxy) is 1. The maximum atomic E-state index is 12.7. The lowest BCUT2D eigenvalue weighted by Crippen LogP contribution is -2.24. The fraction of sp³-hybridized carbons (Fsp3) is 0.190. The monoisotopic (exact) mass is 302 g/mol. The highest BCUT2D eigenvalue weighted by Gasteiger charge is 2.63. The van der Waals surface area contributed by atoms with Gasteiger partial charge in [-0.05, 0) is 28.3 Å². The molecular formula is C21H18O2. The minimum Gasteiger partial charge on any atom is -0.468 e. The molecule has 2 nitrogen and oxygen atoms in total. The molecule has 0 aliphatic heterocycles. The third kappa shape index (κ3) is 2.06. The lowest BCUT2D eigenvalue weighted by atomic mass is 9.87. The standard InChI is InChI=1S/C21H18O2/c1-23-20(22)21(14-19(21)16-9-3-2-4-10-16)18-13-7-11-15-8-5-6-12-17(15)18/h2-13,19H,14H2,1H3/t19-,21-/m0/s1. The molecule has 0 aromatic heterocycles. The number of carbonyl (C=O) groups excluding carboxylic acids is 1. The van der Waals surface area contributed by atoms with E-state index in [4.69, 9.17) is 4.74 Å². The summed E-state index contributed by atoms with van der Waals surface area (Å²) in [7, 11) is 1.48. The van der Waals surface area contributed by atoms with Crippen molar-refractivity contribution in [3.05, 3.63) is 83.9 Å². The highest BCUT2D eigenvalue weighted by molar-refractivity contribution is 5.97. The average Bonchev–Trinajstić information content (AvgIpc) is 3.38. The number of esters is 1. The molecule has 23 heavy (non-hydrogen) atoms. The first-order chi connectivity index (χ1) is 11.3. The molecule has 0 bridgehead atoms. The first-order valence-electron chi connectivity index (χ1n) is 7.89. The zero-order valence-electron chi connectivity index (χ0n) is 13.0. The van der Waals surface area contributed by atoms with Crippen LogP contribution in [-0.4, -0.2) is 13.1 Å². The van der Waals surface area contributed by atoms with Gasteiger partial charge in [-0.3, -0.25) is 4.79 Å². The van der Waals surface area contributed by atoms with Crippen LogP contribution in [0, 0.1) is 0 Å². The topological polar surface area (TPSA) is 26.3 Å². The van der Waals surface area contributed by atoms with Crippen molar-refractivity contribution in [2.75, 3.05) is 7.11 Å². The Labute approximate surface area is 135 Å². The van der Waals surface area contributed by atoms with Gasteiger partial charge in [-0.25, -0.2) is 0 Å². The van der Waals surface area contributed by atoms with Crippen molar-refractivity contribution in [2.24, 2.45) is 0 Å². The Morgan fingerprint density at radius 2 is 1.65 bits per heavy atom. The summed E-state index contributed by atoms with van der Waals surface area (Å²) >= 11 is 0. The number of benzene rings is 3. The molecule has 1 aliphatic rings. The normalized spacial score (nSPS) is 22.7. The van der Waals surface area contributed by atoms with E-state index >= 15 is 0 Å². The zero-order valence-corrected chi connectivity index (χ0v) is 13.0. The van der Waals surface area contributed by atoms with Crippen LogP contribution in [-0.2, 0) is 14.9 Å². The fourth-order valence-corrected chi connectivity index (χ4v) is 3.78. The number of fused-ring (bicyclic) bond motifs is 1. The van der Waals surface area contributed by atoms with E-state index in [0.29, 0.717) is 0 Å². The molecular weight excluding hydrogens is 284 g/mol. The SMILES string of the molecule is COC(=O)[C@]1(c2cccc3ccccc23)C[C@H]1c1ccccc1. The van der Waals surface area contributed by atoms with Crippen molar-refractivity contribution in [3.63, 3.8) is 0 Å². The number of methoxy groups -OCH3 is 1. The molecule has 114 valence electrons. The molecule has 0 spiro atoms. The van der Waals surface area contributed by atoms with Gasteiger partial charge >= 0.3 is 5.97 Å². The molecule has 1 aliphatic carbocycles. The van der Waals surface area contributed by atoms with Crippen molar-refractivity contribution in [1.29, 1.82) is 0 Å². The molecule has 1 saturated carbocycles. The van der Waals surface area contributed by atoms with E-state index in [0.717, 1.165) is 22.8 Å². The molecule has 4 rings (SSSR count). The molecule has 1 fully saturated rings. The predicted molar refractivity (Wildman–Crippen MR) is 91.4 cm³/mol. The van der Waals surface area contributed by atoms with Gasteiger partial charge in [0.1, 0.15) is 5.41 Å². The van der Waals surface area contributed by atoms with Crippen LogP contribution in [0.4, 0.5) is 0 Å². The van der Waals surface area contributed by atoms with Gasteiger partial charge in [0.05, 0.1) is 7.11 Å². The number of rotatable bonds is 3. The van der Waals surface area contributed by atoms with Crippen molar-refractivity contribution in [1.82, 2.24) is 0 Å². The first-order valence-corrected chi connectivity index (χ1v) is 7.89. The maximum Gasteiger partial charge on any atom is 0.316 e. The maximum absolute atomic E-state index is 12.7. The largest absolute Gasteiger partial charge is 0.468 e. The third-order valence-corrected chi connectivity index (χ3v) is 4.98. The Kier molecular flexibility index (Phi) is 3.19. The summed E-state index contributed by atoms with van der Waals surface area (Å²) in [5, 5.41) is 2.30. The van der Waals surface area contributed by atoms with Crippen LogP contribution in [0.15, 0.2) is 72.8 Å². The van der Waals surface area contributed by atoms with Crippen molar-refractivity contribution >= 4 is 16.7 Å². The Hall–Kier alpha value is -2.61. The summed E-state index contributed by atoms with van der Waals surface area (Å²) in [6, 6.07) is 24.7. The average molecular weight is 302 g/mol. The fourth-order valence-electron chi connectivity index (χ4n) is 3.78. The second kappa shape index (κ2) is 5.24. The smallest absolute Gasteiger partial charge is 0.316 e. The van der Waals surface area contributed by atoms with Gasteiger partial charge in [-0.1, -0.05) is 72.8 Å². The molecule has 0 heterocycles. The van der Waals surface area contributed by atoms with Crippen LogP contribution >= 0.6 is 0 Å². The van der Waals surface area contributed by atoms with Gasteiger partial charge in [0.25, 0.3) is 0 Å². The Bertz CT molecular complexity index is 864. The Morgan fingerprint density at radius 3 is 2.43 bits per heavy atom. The second-order valence-electron chi connectivity index (χ2n) is 6.16. The van der Waals surface area contributed by atoms with E-state index in [1.165, 1.54) is 12.7 Å². The van der Waals surface area contributed by atoms with Gasteiger partial charge in [0, 0.05) is 5.92 Å². The van der Waals surface area contributed by atoms with Gasteiger partial charge < -0.3 is 4.74 Å². The molecule has 0 N–H and O–H groups in total. The molecule has 2 atom stereocenters. The zero-order chi connectivity index (χ0) is 15.9. The van der Waals surface area contributed by atoms with Gasteiger partial charge in [-0.2, -0.15) is 0 Å². The predicted octanol–water partition coefficient (Wildman–Crippen LogP) is 4.44. The van der Waals surface area contributed by atoms with Crippen LogP contribution in [0.25, 0.3) is 10.8 Å². The minimum atomic E-state index is -0.559. The van der Waals surface area contributed by atoms with Gasteiger partial charge in [0.2, 0.25) is 0 Å². The highest BCUT2D eigenvalue weighted by Crippen LogP contribution is 2.62.